The molecular formula is C20H20N4O5. The number of hydrazone groups is 1. The van der Waals surface area contributed by atoms with Crippen molar-refractivity contribution < 1.29 is 18.9 Å². The second-order valence-corrected chi connectivity index (χ2v) is 7.29. The van der Waals surface area contributed by atoms with Gasteiger partial charge < -0.3 is 9.32 Å². The number of hydrogen-bond acceptors (Lipinski definition) is 6. The third kappa shape index (κ3) is 3.89. The van der Waals surface area contributed by atoms with Crippen LogP contribution in [0, 0.1) is 16.0 Å². The van der Waals surface area contributed by atoms with Crippen molar-refractivity contribution in [1.82, 2.24) is 9.91 Å². The molecule has 0 bridgehead atoms. The van der Waals surface area contributed by atoms with E-state index in [2.05, 4.69) is 5.10 Å². The number of benzene rings is 1. The summed E-state index contributed by atoms with van der Waals surface area (Å²) in [6.07, 6.45) is 3.69. The average Bonchev–Trinajstić information content (AvgIpc) is 3.23. The Labute approximate surface area is 166 Å². The van der Waals surface area contributed by atoms with Crippen molar-refractivity contribution in [2.24, 2.45) is 11.0 Å². The molecule has 29 heavy (non-hydrogen) atoms. The fraction of sp³-hybridized carbons (Fsp3) is 0.350. The first-order valence-electron chi connectivity index (χ1n) is 9.37. The van der Waals surface area contributed by atoms with Crippen molar-refractivity contribution in [2.45, 2.75) is 25.3 Å². The van der Waals surface area contributed by atoms with E-state index in [1.165, 1.54) is 28.3 Å². The minimum Gasteiger partial charge on any atom is -0.467 e. The molecule has 0 unspecified atom stereocenters. The first kappa shape index (κ1) is 18.9. The van der Waals surface area contributed by atoms with Crippen LogP contribution in [-0.2, 0) is 9.59 Å². The Morgan fingerprint density at radius 1 is 1.28 bits per heavy atom. The second-order valence-electron chi connectivity index (χ2n) is 7.29. The van der Waals surface area contributed by atoms with Gasteiger partial charge in [0, 0.05) is 31.5 Å². The van der Waals surface area contributed by atoms with E-state index in [1.807, 2.05) is 0 Å². The molecule has 1 aromatic heterocycles. The molecule has 1 aliphatic heterocycles. The van der Waals surface area contributed by atoms with Crippen molar-refractivity contribution in [3.8, 4) is 0 Å². The summed E-state index contributed by atoms with van der Waals surface area (Å²) in [5, 5.41) is 16.7. The largest absolute Gasteiger partial charge is 0.467 e. The third-order valence-electron chi connectivity index (χ3n) is 5.12. The number of rotatable bonds is 6. The lowest BCUT2D eigenvalue weighted by Crippen LogP contribution is -2.39. The minimum atomic E-state index is -0.464. The van der Waals surface area contributed by atoms with Gasteiger partial charge in [0.25, 0.3) is 11.6 Å². The molecule has 2 aliphatic rings. The fourth-order valence-corrected chi connectivity index (χ4v) is 3.39. The number of non-ortho nitro benzene ring substituents is 1. The van der Waals surface area contributed by atoms with E-state index < -0.39 is 11.0 Å². The van der Waals surface area contributed by atoms with Crippen LogP contribution < -0.4 is 0 Å². The van der Waals surface area contributed by atoms with E-state index in [0.717, 1.165) is 12.8 Å². The molecule has 2 amide bonds. The monoisotopic (exact) mass is 396 g/mol. The van der Waals surface area contributed by atoms with Gasteiger partial charge in [-0.1, -0.05) is 0 Å². The van der Waals surface area contributed by atoms with Crippen LogP contribution in [0.25, 0.3) is 0 Å². The number of carbonyl (C=O) groups is 2. The van der Waals surface area contributed by atoms with Gasteiger partial charge in [-0.25, -0.2) is 5.01 Å². The fourth-order valence-electron chi connectivity index (χ4n) is 3.39. The Morgan fingerprint density at radius 3 is 2.59 bits per heavy atom. The smallest absolute Gasteiger partial charge is 0.269 e. The van der Waals surface area contributed by atoms with Crippen molar-refractivity contribution >= 4 is 23.2 Å². The van der Waals surface area contributed by atoms with Gasteiger partial charge in [0.15, 0.2) is 0 Å². The summed E-state index contributed by atoms with van der Waals surface area (Å²) < 4.78 is 5.50. The molecule has 2 heterocycles. The van der Waals surface area contributed by atoms with E-state index in [1.54, 1.807) is 31.3 Å². The SMILES string of the molecule is CN(CC(=O)N1N=C(c2ccc([N+](=O)[O-])cc2)C[C@H]1c1ccco1)C(=O)C1CC1. The number of likely N-dealkylation sites (N-methyl/N-ethyl adjacent to an activating group) is 1. The third-order valence-corrected chi connectivity index (χ3v) is 5.12. The first-order chi connectivity index (χ1) is 13.9. The van der Waals surface area contributed by atoms with Crippen LogP contribution >= 0.6 is 0 Å². The number of carbonyl (C=O) groups excluding carboxylic acids is 2. The van der Waals surface area contributed by atoms with Gasteiger partial charge >= 0.3 is 0 Å². The Hall–Kier alpha value is -3.49. The zero-order valence-electron chi connectivity index (χ0n) is 15.9. The number of nitro benzene ring substituents is 1. The van der Waals surface area contributed by atoms with E-state index in [9.17, 15) is 19.7 Å². The number of hydrogen-bond donors (Lipinski definition) is 0. The van der Waals surface area contributed by atoms with Crippen molar-refractivity contribution in [2.75, 3.05) is 13.6 Å². The molecule has 0 radical (unpaired) electrons. The van der Waals surface area contributed by atoms with E-state index in [0.29, 0.717) is 23.5 Å². The maximum absolute atomic E-state index is 12.9. The zero-order chi connectivity index (χ0) is 20.5. The average molecular weight is 396 g/mol. The van der Waals surface area contributed by atoms with Gasteiger partial charge in [-0.3, -0.25) is 19.7 Å². The molecule has 150 valence electrons. The summed E-state index contributed by atoms with van der Waals surface area (Å²) >= 11 is 0. The van der Waals surface area contributed by atoms with Crippen molar-refractivity contribution in [3.63, 3.8) is 0 Å². The highest BCUT2D eigenvalue weighted by Gasteiger charge is 2.37. The highest BCUT2D eigenvalue weighted by Crippen LogP contribution is 2.34. The molecule has 0 saturated heterocycles. The molecule has 2 aromatic rings. The lowest BCUT2D eigenvalue weighted by atomic mass is 10.0. The van der Waals surface area contributed by atoms with Crippen molar-refractivity contribution in [1.29, 1.82) is 0 Å². The van der Waals surface area contributed by atoms with Gasteiger partial charge in [0.05, 0.1) is 16.9 Å². The van der Waals surface area contributed by atoms with Gasteiger partial charge in [0.2, 0.25) is 5.91 Å². The second kappa shape index (κ2) is 7.50. The number of furan rings is 1. The lowest BCUT2D eigenvalue weighted by molar-refractivity contribution is -0.384. The van der Waals surface area contributed by atoms with Crippen LogP contribution in [0.3, 0.4) is 0 Å². The lowest BCUT2D eigenvalue weighted by Gasteiger charge is -2.23. The summed E-state index contributed by atoms with van der Waals surface area (Å²) in [6, 6.07) is 9.15. The Kier molecular flexibility index (Phi) is 4.87. The van der Waals surface area contributed by atoms with Crippen LogP contribution in [0.4, 0.5) is 5.69 Å². The molecule has 1 saturated carbocycles. The molecule has 0 N–H and O–H groups in total. The minimum absolute atomic E-state index is 0.0110. The predicted octanol–water partition coefficient (Wildman–Crippen LogP) is 2.73. The molecule has 1 aromatic carbocycles. The molecule has 1 aliphatic carbocycles. The Bertz CT molecular complexity index is 963. The Balaban J connectivity index is 1.56. The molecular weight excluding hydrogens is 376 g/mol. The molecule has 9 nitrogen and oxygen atoms in total. The molecule has 0 spiro atoms. The molecule has 9 heteroatoms. The Morgan fingerprint density at radius 2 is 2.00 bits per heavy atom. The topological polar surface area (TPSA) is 109 Å². The van der Waals surface area contributed by atoms with Gasteiger partial charge in [-0.15, -0.1) is 0 Å². The summed E-state index contributed by atoms with van der Waals surface area (Å²) in [7, 11) is 1.62. The molecule has 1 atom stereocenters. The van der Waals surface area contributed by atoms with E-state index >= 15 is 0 Å². The van der Waals surface area contributed by atoms with E-state index in [4.69, 9.17) is 4.42 Å². The van der Waals surface area contributed by atoms with Crippen molar-refractivity contribution in [3.05, 3.63) is 64.1 Å². The molecule has 1 fully saturated rings. The van der Waals surface area contributed by atoms with Crippen LogP contribution in [0.5, 0.6) is 0 Å². The maximum Gasteiger partial charge on any atom is 0.269 e. The highest BCUT2D eigenvalue weighted by atomic mass is 16.6. The van der Waals surface area contributed by atoms with Crippen LogP contribution in [0.1, 0.15) is 36.6 Å². The number of amides is 2. The number of nitro groups is 1. The standard InChI is InChI=1S/C20H20N4O5/c1-22(20(26)14-4-5-14)12-19(25)23-17(18-3-2-10-29-18)11-16(21-23)13-6-8-15(9-7-13)24(27)28/h2-3,6-10,14,17H,4-5,11-12H2,1H3/t17-/m0/s1. The summed E-state index contributed by atoms with van der Waals surface area (Å²) in [6.45, 7) is -0.0659. The predicted molar refractivity (Wildman–Crippen MR) is 103 cm³/mol. The first-order valence-corrected chi connectivity index (χ1v) is 9.37. The number of nitrogens with zero attached hydrogens (tertiary/aromatic N) is 4. The van der Waals surface area contributed by atoms with E-state index in [-0.39, 0.29) is 30.0 Å². The van der Waals surface area contributed by atoms with Crippen LogP contribution in [-0.4, -0.2) is 46.0 Å². The summed E-state index contributed by atoms with van der Waals surface area (Å²) in [4.78, 5) is 37.0. The normalized spacial score (nSPS) is 18.4. The van der Waals surface area contributed by atoms with Crippen LogP contribution in [0.15, 0.2) is 52.2 Å². The van der Waals surface area contributed by atoms with Crippen LogP contribution in [0.2, 0.25) is 0 Å². The highest BCUT2D eigenvalue weighted by molar-refractivity contribution is 6.03. The quantitative estimate of drug-likeness (QED) is 0.551. The summed E-state index contributed by atoms with van der Waals surface area (Å²) in [5.74, 6) is 0.299. The maximum atomic E-state index is 12.9. The van der Waals surface area contributed by atoms with Gasteiger partial charge in [-0.05, 0) is 42.7 Å². The van der Waals surface area contributed by atoms with Gasteiger partial charge in [0.1, 0.15) is 18.3 Å². The summed E-state index contributed by atoms with van der Waals surface area (Å²) in [5.41, 5.74) is 1.32. The zero-order valence-corrected chi connectivity index (χ0v) is 15.9. The van der Waals surface area contributed by atoms with Gasteiger partial charge in [-0.2, -0.15) is 5.10 Å². The molecule has 4 rings (SSSR count).